The highest BCUT2D eigenvalue weighted by Gasteiger charge is 2.48. The van der Waals surface area contributed by atoms with Gasteiger partial charge in [-0.3, -0.25) is 9.59 Å². The quantitative estimate of drug-likeness (QED) is 0.0994. The first-order chi connectivity index (χ1) is 25.2. The van der Waals surface area contributed by atoms with Crippen molar-refractivity contribution in [3.63, 3.8) is 0 Å². The van der Waals surface area contributed by atoms with Crippen LogP contribution >= 0.6 is 0 Å². The minimum absolute atomic E-state index is 0.0388. The standard InChI is InChI=1S/C41H68O13/c1-21(2)36(51-35(47)14-12-29-26(7)39(48)52-40(29)49)38(50-10)33(46)19-31(44)27(8)30(43)13-11-23(4)37-24(5)16-18-41(54-37)17-15-22(3)34(53-41)20-32(45)25(6)28(9)42/h21-25,27-28,30,32-34,36-38,42-43,45-46H,11-20H2,1-10H3. The van der Waals surface area contributed by atoms with Crippen molar-refractivity contribution in [2.75, 3.05) is 7.11 Å². The van der Waals surface area contributed by atoms with Gasteiger partial charge in [0.25, 0.3) is 0 Å². The second-order valence-electron chi connectivity index (χ2n) is 16.9. The van der Waals surface area contributed by atoms with Gasteiger partial charge in [-0.15, -0.1) is 0 Å². The van der Waals surface area contributed by atoms with Gasteiger partial charge in [0.2, 0.25) is 0 Å². The fourth-order valence-corrected chi connectivity index (χ4v) is 8.01. The molecule has 0 aromatic rings. The highest BCUT2D eigenvalue weighted by Crippen LogP contribution is 2.46. The van der Waals surface area contributed by atoms with E-state index in [9.17, 15) is 39.6 Å². The molecule has 0 saturated carbocycles. The number of carbonyl (C=O) groups excluding carboxylic acids is 4. The Kier molecular flexibility index (Phi) is 17.3. The molecule has 0 aromatic heterocycles. The minimum atomic E-state index is -1.32. The summed E-state index contributed by atoms with van der Waals surface area (Å²) in [7, 11) is 1.36. The molecule has 3 aliphatic heterocycles. The summed E-state index contributed by atoms with van der Waals surface area (Å²) < 4.78 is 29.2. The number of cyclic esters (lactones) is 2. The van der Waals surface area contributed by atoms with E-state index in [1.165, 1.54) is 14.0 Å². The molecule has 13 heteroatoms. The van der Waals surface area contributed by atoms with Gasteiger partial charge in [-0.25, -0.2) is 9.59 Å². The van der Waals surface area contributed by atoms with Gasteiger partial charge < -0.3 is 44.1 Å². The molecule has 0 aliphatic carbocycles. The zero-order valence-corrected chi connectivity index (χ0v) is 34.1. The van der Waals surface area contributed by atoms with E-state index < -0.39 is 66.2 Å². The summed E-state index contributed by atoms with van der Waals surface area (Å²) in [6.45, 7) is 16.6. The van der Waals surface area contributed by atoms with Crippen LogP contribution in [0.3, 0.4) is 0 Å². The van der Waals surface area contributed by atoms with Crippen LogP contribution in [0.5, 0.6) is 0 Å². The fraction of sp³-hybridized carbons (Fsp3) is 0.854. The minimum Gasteiger partial charge on any atom is -0.459 e. The van der Waals surface area contributed by atoms with Crippen molar-refractivity contribution in [2.45, 2.75) is 181 Å². The number of ketones is 1. The first-order valence-electron chi connectivity index (χ1n) is 20.0. The summed E-state index contributed by atoms with van der Waals surface area (Å²) in [5.74, 6) is -4.04. The fourth-order valence-electron chi connectivity index (χ4n) is 8.01. The number of methoxy groups -OCH3 is 1. The van der Waals surface area contributed by atoms with E-state index >= 15 is 0 Å². The number of hydrogen-bond acceptors (Lipinski definition) is 13. The first kappa shape index (κ1) is 46.1. The third-order valence-corrected chi connectivity index (χ3v) is 12.4. The average molecular weight is 769 g/mol. The highest BCUT2D eigenvalue weighted by atomic mass is 16.7. The molecule has 14 unspecified atom stereocenters. The number of carbonyl (C=O) groups is 4. The Labute approximate surface area is 321 Å². The van der Waals surface area contributed by atoms with Crippen LogP contribution in [-0.2, 0) is 42.9 Å². The second kappa shape index (κ2) is 20.2. The van der Waals surface area contributed by atoms with Crippen LogP contribution < -0.4 is 0 Å². The molecule has 3 heterocycles. The van der Waals surface area contributed by atoms with Crippen LogP contribution in [0.25, 0.3) is 0 Å². The van der Waals surface area contributed by atoms with Gasteiger partial charge in [0, 0.05) is 62.2 Å². The second-order valence-corrected chi connectivity index (χ2v) is 16.9. The normalized spacial score (nSPS) is 30.0. The molecule has 2 saturated heterocycles. The first-order valence-corrected chi connectivity index (χ1v) is 20.0. The molecule has 0 bridgehead atoms. The molecule has 2 fully saturated rings. The highest BCUT2D eigenvalue weighted by molar-refractivity contribution is 6.12. The molecule has 13 nitrogen and oxygen atoms in total. The van der Waals surface area contributed by atoms with Crippen molar-refractivity contribution in [1.82, 2.24) is 0 Å². The van der Waals surface area contributed by atoms with E-state index in [1.807, 2.05) is 6.92 Å². The summed E-state index contributed by atoms with van der Waals surface area (Å²) in [6.07, 6.45) is -1.69. The zero-order valence-electron chi connectivity index (χ0n) is 34.1. The van der Waals surface area contributed by atoms with Gasteiger partial charge in [-0.1, -0.05) is 48.5 Å². The van der Waals surface area contributed by atoms with Gasteiger partial charge in [-0.05, 0) is 69.6 Å². The molecule has 3 rings (SSSR count). The Hall–Kier alpha value is -2.26. The van der Waals surface area contributed by atoms with Crippen molar-refractivity contribution in [3.8, 4) is 0 Å². The number of aliphatic hydroxyl groups is 4. The number of esters is 3. The molecule has 310 valence electrons. The maximum atomic E-state index is 13.3. The monoisotopic (exact) mass is 768 g/mol. The van der Waals surface area contributed by atoms with Crippen LogP contribution in [0.1, 0.15) is 127 Å². The van der Waals surface area contributed by atoms with E-state index in [0.717, 1.165) is 25.7 Å². The van der Waals surface area contributed by atoms with Crippen LogP contribution in [0.4, 0.5) is 0 Å². The molecule has 0 radical (unpaired) electrons. The Bertz CT molecular complexity index is 1310. The Morgan fingerprint density at radius 3 is 2.04 bits per heavy atom. The molecular weight excluding hydrogens is 700 g/mol. The number of rotatable bonds is 20. The molecule has 4 N–H and O–H groups in total. The van der Waals surface area contributed by atoms with E-state index in [0.29, 0.717) is 19.3 Å². The van der Waals surface area contributed by atoms with Gasteiger partial charge in [0.05, 0.1) is 36.6 Å². The van der Waals surface area contributed by atoms with Crippen LogP contribution in [0.2, 0.25) is 0 Å². The molecule has 54 heavy (non-hydrogen) atoms. The number of ether oxygens (including phenoxy) is 5. The molecule has 0 amide bonds. The smallest absolute Gasteiger partial charge is 0.342 e. The lowest BCUT2D eigenvalue weighted by Gasteiger charge is -2.51. The van der Waals surface area contributed by atoms with Crippen molar-refractivity contribution in [1.29, 1.82) is 0 Å². The van der Waals surface area contributed by atoms with Crippen LogP contribution in [0.15, 0.2) is 11.1 Å². The molecule has 3 aliphatic rings. The lowest BCUT2D eigenvalue weighted by Crippen LogP contribution is -2.54. The van der Waals surface area contributed by atoms with Crippen LogP contribution in [0, 0.1) is 35.5 Å². The van der Waals surface area contributed by atoms with Gasteiger partial charge >= 0.3 is 17.9 Å². The zero-order chi connectivity index (χ0) is 40.7. The van der Waals surface area contributed by atoms with Crippen LogP contribution in [-0.4, -0.2) is 106 Å². The molecular formula is C41H68O13. The summed E-state index contributed by atoms with van der Waals surface area (Å²) in [5.41, 5.74) is 0.278. The van der Waals surface area contributed by atoms with Crippen molar-refractivity contribution in [3.05, 3.63) is 11.1 Å². The summed E-state index contributed by atoms with van der Waals surface area (Å²) in [4.78, 5) is 49.7. The van der Waals surface area contributed by atoms with Crippen molar-refractivity contribution < 1.29 is 63.3 Å². The third kappa shape index (κ3) is 11.9. The number of hydrogen-bond donors (Lipinski definition) is 4. The Morgan fingerprint density at radius 1 is 0.852 bits per heavy atom. The topological polar surface area (TPSA) is 195 Å². The van der Waals surface area contributed by atoms with Crippen molar-refractivity contribution in [2.24, 2.45) is 35.5 Å². The van der Waals surface area contributed by atoms with E-state index in [2.05, 4.69) is 25.5 Å². The molecule has 14 atom stereocenters. The summed E-state index contributed by atoms with van der Waals surface area (Å²) >= 11 is 0. The Balaban J connectivity index is 1.54. The predicted octanol–water partition coefficient (Wildman–Crippen LogP) is 4.58. The molecule has 0 aromatic carbocycles. The predicted molar refractivity (Wildman–Crippen MR) is 198 cm³/mol. The number of aliphatic hydroxyl groups excluding tert-OH is 4. The molecule has 1 spiro atoms. The van der Waals surface area contributed by atoms with Crippen molar-refractivity contribution >= 4 is 23.7 Å². The van der Waals surface area contributed by atoms with E-state index in [-0.39, 0.29) is 78.0 Å². The summed E-state index contributed by atoms with van der Waals surface area (Å²) in [6, 6.07) is 0. The maximum absolute atomic E-state index is 13.3. The summed E-state index contributed by atoms with van der Waals surface area (Å²) in [5, 5.41) is 43.0. The van der Waals surface area contributed by atoms with E-state index in [4.69, 9.17) is 18.9 Å². The largest absolute Gasteiger partial charge is 0.459 e. The Morgan fingerprint density at radius 2 is 1.48 bits per heavy atom. The number of Topliss-reactive ketones (excluding diaryl/α,β-unsaturated/α-hetero) is 1. The van der Waals surface area contributed by atoms with Gasteiger partial charge in [-0.2, -0.15) is 0 Å². The lowest BCUT2D eigenvalue weighted by molar-refractivity contribution is -0.339. The average Bonchev–Trinajstić information content (AvgIpc) is 3.36. The van der Waals surface area contributed by atoms with Gasteiger partial charge in [0.15, 0.2) is 5.79 Å². The third-order valence-electron chi connectivity index (χ3n) is 12.4. The van der Waals surface area contributed by atoms with Gasteiger partial charge in [0.1, 0.15) is 18.0 Å². The van der Waals surface area contributed by atoms with E-state index in [1.54, 1.807) is 27.7 Å². The SMILES string of the molecule is COC(C(O)CC(=O)C(C)C(O)CCC(C)C1OC2(CCC(C)C(CC(O)C(C)C(C)O)O2)CCC1C)C(OC(=O)CCC1=C(C)C(=O)OC1=O)C(C)C. The maximum Gasteiger partial charge on any atom is 0.342 e. The lowest BCUT2D eigenvalue weighted by atomic mass is 9.79.